The molecule has 0 unspecified atom stereocenters. The molecular formula is C19H19F3N2O2. The number of ether oxygens (including phenoxy) is 1. The third kappa shape index (κ3) is 4.15. The lowest BCUT2D eigenvalue weighted by Gasteiger charge is -2.26. The van der Waals surface area contributed by atoms with E-state index in [0.717, 1.165) is 24.8 Å². The van der Waals surface area contributed by atoms with Crippen molar-refractivity contribution in [1.29, 1.82) is 0 Å². The topological polar surface area (TPSA) is 42.4 Å². The van der Waals surface area contributed by atoms with E-state index in [1.165, 1.54) is 30.3 Å². The Morgan fingerprint density at radius 2 is 2.12 bits per heavy atom. The summed E-state index contributed by atoms with van der Waals surface area (Å²) in [5, 5.41) is 0. The third-order valence-electron chi connectivity index (χ3n) is 4.54. The molecule has 4 nitrogen and oxygen atoms in total. The van der Waals surface area contributed by atoms with Crippen LogP contribution in [0.15, 0.2) is 36.5 Å². The fourth-order valence-corrected chi connectivity index (χ4v) is 2.95. The molecule has 2 aromatic rings. The molecule has 3 rings (SSSR count). The minimum absolute atomic E-state index is 0.00592. The number of aromatic nitrogens is 1. The van der Waals surface area contributed by atoms with Crippen LogP contribution in [0.25, 0.3) is 0 Å². The van der Waals surface area contributed by atoms with E-state index < -0.39 is 18.3 Å². The zero-order valence-corrected chi connectivity index (χ0v) is 14.3. The van der Waals surface area contributed by atoms with Crippen LogP contribution in [0, 0.1) is 5.82 Å². The van der Waals surface area contributed by atoms with Gasteiger partial charge in [-0.1, -0.05) is 18.6 Å². The molecule has 7 heteroatoms. The number of halogens is 3. The number of rotatable bonds is 6. The molecular weight excluding hydrogens is 345 g/mol. The zero-order chi connectivity index (χ0) is 18.7. The normalized spacial score (nSPS) is 14.2. The Kier molecular flexibility index (Phi) is 5.44. The lowest BCUT2D eigenvalue weighted by atomic mass is 9.80. The highest BCUT2D eigenvalue weighted by Crippen LogP contribution is 2.37. The number of pyridine rings is 1. The molecule has 0 spiro atoms. The van der Waals surface area contributed by atoms with Crippen LogP contribution in [0.3, 0.4) is 0 Å². The SMILES string of the molecule is CN(Cc1cccc(F)c1)C(=O)c1cc(C2CCC2)cnc1OC(F)F. The average Bonchev–Trinajstić information content (AvgIpc) is 2.53. The Morgan fingerprint density at radius 3 is 2.73 bits per heavy atom. The van der Waals surface area contributed by atoms with Gasteiger partial charge in [-0.3, -0.25) is 4.79 Å². The maximum Gasteiger partial charge on any atom is 0.388 e. The first-order valence-corrected chi connectivity index (χ1v) is 8.38. The van der Waals surface area contributed by atoms with E-state index >= 15 is 0 Å². The van der Waals surface area contributed by atoms with E-state index in [1.807, 2.05) is 0 Å². The predicted octanol–water partition coefficient (Wildman–Crippen LogP) is 4.36. The highest BCUT2D eigenvalue weighted by Gasteiger charge is 2.25. The Labute approximate surface area is 149 Å². The van der Waals surface area contributed by atoms with Crippen molar-refractivity contribution in [1.82, 2.24) is 9.88 Å². The number of alkyl halides is 2. The number of hydrogen-bond acceptors (Lipinski definition) is 3. The Hall–Kier alpha value is -2.57. The lowest BCUT2D eigenvalue weighted by Crippen LogP contribution is -2.27. The molecule has 1 aromatic carbocycles. The van der Waals surface area contributed by atoms with Crippen LogP contribution < -0.4 is 4.74 Å². The van der Waals surface area contributed by atoms with Gasteiger partial charge in [0, 0.05) is 19.8 Å². The van der Waals surface area contributed by atoms with Crippen molar-refractivity contribution in [2.45, 2.75) is 38.3 Å². The fourth-order valence-electron chi connectivity index (χ4n) is 2.95. The van der Waals surface area contributed by atoms with E-state index in [4.69, 9.17) is 0 Å². The van der Waals surface area contributed by atoms with Crippen molar-refractivity contribution in [2.24, 2.45) is 0 Å². The second-order valence-corrected chi connectivity index (χ2v) is 6.42. The molecule has 0 aliphatic heterocycles. The first-order valence-electron chi connectivity index (χ1n) is 8.38. The second-order valence-electron chi connectivity index (χ2n) is 6.42. The Bertz CT molecular complexity index is 794. The van der Waals surface area contributed by atoms with Crippen molar-refractivity contribution in [3.8, 4) is 5.88 Å². The summed E-state index contributed by atoms with van der Waals surface area (Å²) in [6.07, 6.45) is 4.57. The van der Waals surface area contributed by atoms with Gasteiger partial charge in [0.05, 0.1) is 0 Å². The number of hydrogen-bond donors (Lipinski definition) is 0. The Morgan fingerprint density at radius 1 is 1.35 bits per heavy atom. The van der Waals surface area contributed by atoms with E-state index in [9.17, 15) is 18.0 Å². The van der Waals surface area contributed by atoms with Gasteiger partial charge in [-0.15, -0.1) is 0 Å². The van der Waals surface area contributed by atoms with E-state index in [1.54, 1.807) is 18.2 Å². The van der Waals surface area contributed by atoms with E-state index in [-0.39, 0.29) is 18.0 Å². The molecule has 0 saturated heterocycles. The molecule has 1 aliphatic rings. The zero-order valence-electron chi connectivity index (χ0n) is 14.3. The molecule has 1 saturated carbocycles. The molecule has 0 radical (unpaired) electrons. The number of amides is 1. The van der Waals surface area contributed by atoms with Crippen LogP contribution in [-0.2, 0) is 6.54 Å². The van der Waals surface area contributed by atoms with Crippen LogP contribution in [0.5, 0.6) is 5.88 Å². The maximum absolute atomic E-state index is 13.3. The van der Waals surface area contributed by atoms with Crippen molar-refractivity contribution in [3.63, 3.8) is 0 Å². The molecule has 0 atom stereocenters. The van der Waals surface area contributed by atoms with Gasteiger partial charge in [0.2, 0.25) is 5.88 Å². The molecule has 26 heavy (non-hydrogen) atoms. The van der Waals surface area contributed by atoms with Crippen molar-refractivity contribution >= 4 is 5.91 Å². The summed E-state index contributed by atoms with van der Waals surface area (Å²) in [5.41, 5.74) is 1.44. The van der Waals surface area contributed by atoms with Gasteiger partial charge in [-0.2, -0.15) is 8.78 Å². The van der Waals surface area contributed by atoms with Gasteiger partial charge >= 0.3 is 6.61 Å². The highest BCUT2D eigenvalue weighted by atomic mass is 19.3. The third-order valence-corrected chi connectivity index (χ3v) is 4.54. The standard InChI is InChI=1S/C19H19F3N2O2/c1-24(11-12-4-2-7-15(20)8-12)18(25)16-9-14(13-5-3-6-13)10-23-17(16)26-19(21)22/h2,4,7-10,13,19H,3,5-6,11H2,1H3. The van der Waals surface area contributed by atoms with Crippen LogP contribution in [-0.4, -0.2) is 29.5 Å². The summed E-state index contributed by atoms with van der Waals surface area (Å²) in [4.78, 5) is 18.0. The highest BCUT2D eigenvalue weighted by molar-refractivity contribution is 5.96. The molecule has 1 amide bonds. The molecule has 0 bridgehead atoms. The molecule has 1 aliphatic carbocycles. The number of carbonyl (C=O) groups is 1. The van der Waals surface area contributed by atoms with Crippen molar-refractivity contribution in [3.05, 3.63) is 59.0 Å². The van der Waals surface area contributed by atoms with E-state index in [0.29, 0.717) is 11.5 Å². The molecule has 138 valence electrons. The monoisotopic (exact) mass is 364 g/mol. The van der Waals surface area contributed by atoms with Crippen LogP contribution in [0.1, 0.15) is 46.7 Å². The summed E-state index contributed by atoms with van der Waals surface area (Å²) in [6.45, 7) is -2.93. The summed E-state index contributed by atoms with van der Waals surface area (Å²) in [6, 6.07) is 7.45. The first-order chi connectivity index (χ1) is 12.4. The molecule has 0 N–H and O–H groups in total. The fraction of sp³-hybridized carbons (Fsp3) is 0.368. The summed E-state index contributed by atoms with van der Waals surface area (Å²) >= 11 is 0. The van der Waals surface area contributed by atoms with Crippen LogP contribution in [0.2, 0.25) is 0 Å². The van der Waals surface area contributed by atoms with Crippen LogP contribution in [0.4, 0.5) is 13.2 Å². The molecule has 1 heterocycles. The van der Waals surface area contributed by atoms with Gasteiger partial charge in [0.1, 0.15) is 11.4 Å². The van der Waals surface area contributed by atoms with Gasteiger partial charge in [0.25, 0.3) is 5.91 Å². The van der Waals surface area contributed by atoms with Gasteiger partial charge in [-0.05, 0) is 48.1 Å². The summed E-state index contributed by atoms with van der Waals surface area (Å²) in [5.74, 6) is -1.00. The molecule has 1 fully saturated rings. The predicted molar refractivity (Wildman–Crippen MR) is 89.7 cm³/mol. The molecule has 1 aromatic heterocycles. The van der Waals surface area contributed by atoms with Crippen molar-refractivity contribution < 1.29 is 22.7 Å². The maximum atomic E-state index is 13.3. The largest absolute Gasteiger partial charge is 0.416 e. The number of carbonyl (C=O) groups excluding carboxylic acids is 1. The van der Waals surface area contributed by atoms with Crippen molar-refractivity contribution in [2.75, 3.05) is 7.05 Å². The number of benzene rings is 1. The smallest absolute Gasteiger partial charge is 0.388 e. The van der Waals surface area contributed by atoms with Gasteiger partial charge in [-0.25, -0.2) is 9.37 Å². The summed E-state index contributed by atoms with van der Waals surface area (Å²) in [7, 11) is 1.52. The van der Waals surface area contributed by atoms with Crippen LogP contribution >= 0.6 is 0 Å². The average molecular weight is 364 g/mol. The van der Waals surface area contributed by atoms with E-state index in [2.05, 4.69) is 9.72 Å². The minimum Gasteiger partial charge on any atom is -0.416 e. The summed E-state index contributed by atoms with van der Waals surface area (Å²) < 4.78 is 43.1. The van der Waals surface area contributed by atoms with Gasteiger partial charge < -0.3 is 9.64 Å². The first kappa shape index (κ1) is 18.2. The Balaban J connectivity index is 1.85. The lowest BCUT2D eigenvalue weighted by molar-refractivity contribution is -0.0533. The quantitative estimate of drug-likeness (QED) is 0.765. The minimum atomic E-state index is -3.07. The number of nitrogens with zero attached hydrogens (tertiary/aromatic N) is 2. The second kappa shape index (κ2) is 7.76. The van der Waals surface area contributed by atoms with Gasteiger partial charge in [0.15, 0.2) is 0 Å².